The second-order valence-corrected chi connectivity index (χ2v) is 11.3. The van der Waals surface area contributed by atoms with E-state index in [1.165, 1.54) is 6.92 Å². The molecule has 2 atom stereocenters. The lowest BCUT2D eigenvalue weighted by atomic mass is 9.83. The van der Waals surface area contributed by atoms with Crippen LogP contribution in [0.4, 0.5) is 18.0 Å². The Morgan fingerprint density at radius 2 is 1.59 bits per heavy atom. The quantitative estimate of drug-likeness (QED) is 0.164. The van der Waals surface area contributed by atoms with Gasteiger partial charge in [0.1, 0.15) is 12.3 Å². The summed E-state index contributed by atoms with van der Waals surface area (Å²) in [4.78, 5) is 53.5. The molecule has 2 aromatic carbocycles. The second kappa shape index (κ2) is 12.9. The number of alkyl halides is 3. The normalized spacial score (nSPS) is 18.2. The first-order chi connectivity index (χ1) is 20.8. The standard InChI is InChI=1S/C29H27F3N2O9S/c1-3-17-42-28(38)34(44(39,40)29(30,31)32)23-21-16-15-20(26(36)41-4-2)22(33(21)25(23)35)27(37)43-24(18-11-7-5-8-12-18)19-13-9-6-10-14-19/h3,5-14,21,23-24H,1,4,15-17H2,2H3/t21-,23-/m0/s1. The third kappa shape index (κ3) is 6.04. The molecule has 44 heavy (non-hydrogen) atoms. The van der Waals surface area contributed by atoms with Gasteiger partial charge in [-0.25, -0.2) is 14.4 Å². The maximum Gasteiger partial charge on any atom is 0.516 e. The lowest BCUT2D eigenvalue weighted by molar-refractivity contribution is -0.161. The maximum absolute atomic E-state index is 13.8. The molecule has 11 nitrogen and oxygen atoms in total. The number of halogens is 3. The van der Waals surface area contributed by atoms with Crippen LogP contribution < -0.4 is 0 Å². The number of benzene rings is 2. The molecule has 0 radical (unpaired) electrons. The van der Waals surface area contributed by atoms with Gasteiger partial charge < -0.3 is 14.2 Å². The summed E-state index contributed by atoms with van der Waals surface area (Å²) < 4.78 is 80.6. The zero-order valence-corrected chi connectivity index (χ0v) is 24.0. The average Bonchev–Trinajstić information content (AvgIpc) is 3.00. The van der Waals surface area contributed by atoms with Crippen LogP contribution in [-0.2, 0) is 38.6 Å². The van der Waals surface area contributed by atoms with Crippen LogP contribution in [0.5, 0.6) is 0 Å². The molecule has 0 aromatic heterocycles. The minimum absolute atomic E-state index is 0.103. The topological polar surface area (TPSA) is 137 Å². The number of hydrogen-bond acceptors (Lipinski definition) is 9. The Kier molecular flexibility index (Phi) is 9.47. The first kappa shape index (κ1) is 32.3. The van der Waals surface area contributed by atoms with Crippen LogP contribution in [0.2, 0.25) is 0 Å². The van der Waals surface area contributed by atoms with E-state index < -0.39 is 74.3 Å². The molecule has 0 aliphatic carbocycles. The number of carbonyl (C=O) groups is 4. The predicted octanol–water partition coefficient (Wildman–Crippen LogP) is 3.98. The molecule has 234 valence electrons. The lowest BCUT2D eigenvalue weighted by Crippen LogP contribution is -2.74. The molecule has 0 bridgehead atoms. The third-order valence-electron chi connectivity index (χ3n) is 6.86. The fraction of sp³-hybridized carbons (Fsp3) is 0.310. The molecule has 2 aromatic rings. The number of carbonyl (C=O) groups excluding carboxylic acids is 4. The molecule has 0 saturated carbocycles. The number of hydrogen-bond donors (Lipinski definition) is 0. The molecule has 0 spiro atoms. The molecule has 1 fully saturated rings. The molecule has 2 aliphatic heterocycles. The Hall–Kier alpha value is -4.66. The van der Waals surface area contributed by atoms with Crippen LogP contribution in [0.3, 0.4) is 0 Å². The van der Waals surface area contributed by atoms with Crippen molar-refractivity contribution in [3.63, 3.8) is 0 Å². The summed E-state index contributed by atoms with van der Waals surface area (Å²) in [7, 11) is -6.43. The highest BCUT2D eigenvalue weighted by Crippen LogP contribution is 2.43. The van der Waals surface area contributed by atoms with Gasteiger partial charge in [-0.2, -0.15) is 25.9 Å². The summed E-state index contributed by atoms with van der Waals surface area (Å²) in [5.41, 5.74) is -5.83. The van der Waals surface area contributed by atoms with Gasteiger partial charge >= 0.3 is 33.6 Å². The van der Waals surface area contributed by atoms with E-state index in [1.807, 2.05) is 0 Å². The number of β-lactam (4-membered cyclic amide) rings is 1. The van der Waals surface area contributed by atoms with E-state index >= 15 is 0 Å². The minimum Gasteiger partial charge on any atom is -0.463 e. The summed E-state index contributed by atoms with van der Waals surface area (Å²) in [5.74, 6) is -3.54. The molecule has 2 aliphatic rings. The SMILES string of the molecule is C=CCOC(=O)N([C@@H]1C(=O)N2C(C(=O)OC(c3ccccc3)c3ccccc3)=C(C(=O)OCC)CC[C@@H]12)S(=O)(=O)C(F)(F)F. The van der Waals surface area contributed by atoms with Gasteiger partial charge in [0.2, 0.25) is 0 Å². The molecule has 15 heteroatoms. The predicted molar refractivity (Wildman–Crippen MR) is 146 cm³/mol. The van der Waals surface area contributed by atoms with Gasteiger partial charge in [0.15, 0.2) is 12.1 Å². The van der Waals surface area contributed by atoms with Gasteiger partial charge in [-0.15, -0.1) is 0 Å². The van der Waals surface area contributed by atoms with Gasteiger partial charge in [-0.3, -0.25) is 9.69 Å². The molecular weight excluding hydrogens is 609 g/mol. The second-order valence-electron chi connectivity index (χ2n) is 9.53. The average molecular weight is 637 g/mol. The fourth-order valence-electron chi connectivity index (χ4n) is 4.96. The van der Waals surface area contributed by atoms with Crippen molar-refractivity contribution in [3.05, 3.63) is 95.7 Å². The highest BCUT2D eigenvalue weighted by atomic mass is 32.2. The molecule has 0 unspecified atom stereocenters. The largest absolute Gasteiger partial charge is 0.516 e. The zero-order valence-electron chi connectivity index (χ0n) is 23.2. The number of fused-ring (bicyclic) bond motifs is 1. The molecule has 2 heterocycles. The van der Waals surface area contributed by atoms with Gasteiger partial charge in [-0.05, 0) is 30.9 Å². The van der Waals surface area contributed by atoms with Crippen molar-refractivity contribution >= 4 is 34.0 Å². The Bertz CT molecular complexity index is 1540. The van der Waals surface area contributed by atoms with Crippen LogP contribution in [0.15, 0.2) is 84.6 Å². The Morgan fingerprint density at radius 1 is 1.02 bits per heavy atom. The minimum atomic E-state index is -6.43. The van der Waals surface area contributed by atoms with Gasteiger partial charge in [0.25, 0.3) is 5.91 Å². The van der Waals surface area contributed by atoms with E-state index in [-0.39, 0.29) is 25.0 Å². The van der Waals surface area contributed by atoms with Crippen LogP contribution in [0.1, 0.15) is 37.0 Å². The molecule has 1 saturated heterocycles. The summed E-state index contributed by atoms with van der Waals surface area (Å²) in [6.07, 6.45) is -2.61. The molecule has 0 N–H and O–H groups in total. The Balaban J connectivity index is 1.76. The Morgan fingerprint density at radius 3 is 2.09 bits per heavy atom. The van der Waals surface area contributed by atoms with E-state index in [2.05, 4.69) is 11.3 Å². The van der Waals surface area contributed by atoms with Crippen LogP contribution >= 0.6 is 0 Å². The van der Waals surface area contributed by atoms with Crippen molar-refractivity contribution in [2.75, 3.05) is 13.2 Å². The molecule has 4 rings (SSSR count). The number of sulfonamides is 1. The van der Waals surface area contributed by atoms with E-state index in [0.29, 0.717) is 16.0 Å². The van der Waals surface area contributed by atoms with Crippen LogP contribution in [-0.4, -0.2) is 72.4 Å². The monoisotopic (exact) mass is 636 g/mol. The number of nitrogens with zero attached hydrogens (tertiary/aromatic N) is 2. The van der Waals surface area contributed by atoms with Crippen molar-refractivity contribution in [2.45, 2.75) is 43.5 Å². The molecule has 2 amide bonds. The number of esters is 2. The number of ether oxygens (including phenoxy) is 3. The number of rotatable bonds is 10. The lowest BCUT2D eigenvalue weighted by Gasteiger charge is -2.52. The Labute approximate surface area is 250 Å². The smallest absolute Gasteiger partial charge is 0.463 e. The van der Waals surface area contributed by atoms with E-state index in [4.69, 9.17) is 9.47 Å². The fourth-order valence-corrected chi connectivity index (χ4v) is 5.96. The zero-order chi connectivity index (χ0) is 32.2. The number of amides is 2. The van der Waals surface area contributed by atoms with Gasteiger partial charge in [-0.1, -0.05) is 73.3 Å². The van der Waals surface area contributed by atoms with Crippen molar-refractivity contribution in [1.29, 1.82) is 0 Å². The molecular formula is C29H27F3N2O9S. The van der Waals surface area contributed by atoms with Crippen LogP contribution in [0, 0.1) is 0 Å². The van der Waals surface area contributed by atoms with Crippen molar-refractivity contribution in [3.8, 4) is 0 Å². The van der Waals surface area contributed by atoms with Crippen molar-refractivity contribution < 1.29 is 55.0 Å². The highest BCUT2D eigenvalue weighted by molar-refractivity contribution is 7.90. The van der Waals surface area contributed by atoms with Crippen molar-refractivity contribution in [2.24, 2.45) is 0 Å². The summed E-state index contributed by atoms with van der Waals surface area (Å²) in [5, 5.41) is 0. The van der Waals surface area contributed by atoms with Crippen LogP contribution in [0.25, 0.3) is 0 Å². The first-order valence-electron chi connectivity index (χ1n) is 13.3. The summed E-state index contributed by atoms with van der Waals surface area (Å²) >= 11 is 0. The summed E-state index contributed by atoms with van der Waals surface area (Å²) in [6, 6.07) is 13.3. The van der Waals surface area contributed by atoms with E-state index in [9.17, 15) is 40.8 Å². The highest BCUT2D eigenvalue weighted by Gasteiger charge is 2.64. The maximum atomic E-state index is 13.8. The van der Waals surface area contributed by atoms with Crippen molar-refractivity contribution in [1.82, 2.24) is 9.21 Å². The third-order valence-corrected chi connectivity index (χ3v) is 8.34. The van der Waals surface area contributed by atoms with Gasteiger partial charge in [0, 0.05) is 0 Å². The van der Waals surface area contributed by atoms with Gasteiger partial charge in [0.05, 0.1) is 18.2 Å². The first-order valence-corrected chi connectivity index (χ1v) is 14.7. The van der Waals surface area contributed by atoms with E-state index in [1.54, 1.807) is 60.7 Å². The summed E-state index contributed by atoms with van der Waals surface area (Å²) in [6.45, 7) is 4.00. The van der Waals surface area contributed by atoms with E-state index in [0.717, 1.165) is 6.08 Å².